The van der Waals surface area contributed by atoms with Gasteiger partial charge in [-0.15, -0.1) is 0 Å². The quantitative estimate of drug-likeness (QED) is 0.776. The number of amides is 1. The van der Waals surface area contributed by atoms with Crippen molar-refractivity contribution in [2.75, 3.05) is 47.0 Å². The maximum atomic E-state index is 14.0. The van der Waals surface area contributed by atoms with Gasteiger partial charge in [0.1, 0.15) is 5.75 Å². The summed E-state index contributed by atoms with van der Waals surface area (Å²) >= 11 is 0. The maximum absolute atomic E-state index is 14.0. The van der Waals surface area contributed by atoms with Crippen molar-refractivity contribution in [3.63, 3.8) is 0 Å². The third kappa shape index (κ3) is 3.96. The summed E-state index contributed by atoms with van der Waals surface area (Å²) in [7, 11) is 3.82. The van der Waals surface area contributed by atoms with Gasteiger partial charge < -0.3 is 14.4 Å². The second-order valence-corrected chi connectivity index (χ2v) is 8.58. The lowest BCUT2D eigenvalue weighted by molar-refractivity contribution is -0.144. The first kappa shape index (κ1) is 20.9. The van der Waals surface area contributed by atoms with Crippen LogP contribution in [-0.4, -0.2) is 62.7 Å². The van der Waals surface area contributed by atoms with Gasteiger partial charge in [-0.2, -0.15) is 0 Å². The highest BCUT2D eigenvalue weighted by Gasteiger charge is 2.45. The number of aryl methyl sites for hydroxylation is 1. The number of hydrogen-bond acceptors (Lipinski definition) is 4. The van der Waals surface area contributed by atoms with Gasteiger partial charge in [0, 0.05) is 32.8 Å². The van der Waals surface area contributed by atoms with Gasteiger partial charge in [-0.25, -0.2) is 0 Å². The van der Waals surface area contributed by atoms with Crippen molar-refractivity contribution in [1.82, 2.24) is 9.80 Å². The fourth-order valence-electron chi connectivity index (χ4n) is 4.84. The van der Waals surface area contributed by atoms with Crippen molar-refractivity contribution < 1.29 is 14.3 Å². The predicted octanol–water partition coefficient (Wildman–Crippen LogP) is 3.57. The average molecular weight is 409 g/mol. The Morgan fingerprint density at radius 1 is 1.10 bits per heavy atom. The lowest BCUT2D eigenvalue weighted by Gasteiger charge is -2.45. The Morgan fingerprint density at radius 3 is 2.50 bits per heavy atom. The molecule has 2 aromatic carbocycles. The van der Waals surface area contributed by atoms with Crippen molar-refractivity contribution in [2.24, 2.45) is 0 Å². The Kier molecular flexibility index (Phi) is 6.11. The molecule has 5 nitrogen and oxygen atoms in total. The van der Waals surface area contributed by atoms with E-state index in [9.17, 15) is 4.79 Å². The van der Waals surface area contributed by atoms with Crippen molar-refractivity contribution in [3.8, 4) is 5.75 Å². The van der Waals surface area contributed by atoms with Crippen LogP contribution in [0, 0.1) is 6.92 Å². The van der Waals surface area contributed by atoms with Crippen LogP contribution < -0.4 is 4.74 Å². The summed E-state index contributed by atoms with van der Waals surface area (Å²) < 4.78 is 11.0. The van der Waals surface area contributed by atoms with Crippen LogP contribution in [0.15, 0.2) is 48.5 Å². The molecule has 4 rings (SSSR count). The molecule has 2 heterocycles. The molecule has 1 atom stereocenters. The van der Waals surface area contributed by atoms with Crippen molar-refractivity contribution in [1.29, 1.82) is 0 Å². The number of nitrogens with zero attached hydrogens (tertiary/aromatic N) is 2. The molecule has 0 bridgehead atoms. The van der Waals surface area contributed by atoms with Gasteiger partial charge in [-0.3, -0.25) is 9.69 Å². The third-order valence-corrected chi connectivity index (χ3v) is 6.76. The summed E-state index contributed by atoms with van der Waals surface area (Å²) in [5.41, 5.74) is 3.06. The van der Waals surface area contributed by atoms with Crippen LogP contribution in [0.25, 0.3) is 0 Å². The van der Waals surface area contributed by atoms with Crippen LogP contribution in [0.4, 0.5) is 0 Å². The highest BCUT2D eigenvalue weighted by atomic mass is 16.5. The Balaban J connectivity index is 1.61. The number of methoxy groups -OCH3 is 1. The monoisotopic (exact) mass is 408 g/mol. The van der Waals surface area contributed by atoms with E-state index in [0.29, 0.717) is 19.8 Å². The van der Waals surface area contributed by atoms with E-state index >= 15 is 0 Å². The molecule has 2 aliphatic rings. The average Bonchev–Trinajstić information content (AvgIpc) is 2.79. The summed E-state index contributed by atoms with van der Waals surface area (Å²) in [5.74, 6) is 1.11. The van der Waals surface area contributed by atoms with Crippen LogP contribution in [0.3, 0.4) is 0 Å². The summed E-state index contributed by atoms with van der Waals surface area (Å²) in [6, 6.07) is 16.9. The van der Waals surface area contributed by atoms with Crippen LogP contribution >= 0.6 is 0 Å². The first-order valence-corrected chi connectivity index (χ1v) is 10.8. The fraction of sp³-hybridized carbons (Fsp3) is 0.480. The summed E-state index contributed by atoms with van der Waals surface area (Å²) in [6.45, 7) is 5.69. The van der Waals surface area contributed by atoms with Crippen LogP contribution in [0.5, 0.6) is 5.75 Å². The Morgan fingerprint density at radius 2 is 1.83 bits per heavy atom. The van der Waals surface area contributed by atoms with Gasteiger partial charge in [0.15, 0.2) is 0 Å². The highest BCUT2D eigenvalue weighted by Crippen LogP contribution is 2.38. The molecular weight excluding hydrogens is 376 g/mol. The topological polar surface area (TPSA) is 42.0 Å². The first-order chi connectivity index (χ1) is 14.5. The molecule has 2 fully saturated rings. The molecule has 1 amide bonds. The van der Waals surface area contributed by atoms with E-state index in [-0.39, 0.29) is 11.9 Å². The molecule has 0 saturated carbocycles. The van der Waals surface area contributed by atoms with E-state index in [4.69, 9.17) is 9.47 Å². The molecule has 160 valence electrons. The lowest BCUT2D eigenvalue weighted by atomic mass is 9.72. The Hall–Kier alpha value is -2.37. The molecular formula is C25H32N2O3. The molecule has 30 heavy (non-hydrogen) atoms. The van der Waals surface area contributed by atoms with E-state index in [0.717, 1.165) is 37.2 Å². The molecule has 0 aliphatic carbocycles. The highest BCUT2D eigenvalue weighted by molar-refractivity contribution is 5.88. The predicted molar refractivity (Wildman–Crippen MR) is 118 cm³/mol. The van der Waals surface area contributed by atoms with Crippen molar-refractivity contribution >= 4 is 5.91 Å². The third-order valence-electron chi connectivity index (χ3n) is 6.76. The zero-order valence-electron chi connectivity index (χ0n) is 18.3. The van der Waals surface area contributed by atoms with Crippen LogP contribution in [0.1, 0.15) is 35.6 Å². The minimum atomic E-state index is -0.482. The SMILES string of the molecule is COc1ccc([C@H]2CN(C(=O)C3(c4cccc(C)c4)CCOCC3)CCN2C)cc1. The van der Waals surface area contributed by atoms with Gasteiger partial charge in [0.25, 0.3) is 0 Å². The number of carbonyl (C=O) groups excluding carboxylic acids is 1. The zero-order chi connectivity index (χ0) is 21.1. The van der Waals surface area contributed by atoms with Gasteiger partial charge in [0.2, 0.25) is 5.91 Å². The minimum absolute atomic E-state index is 0.183. The first-order valence-electron chi connectivity index (χ1n) is 10.8. The molecule has 5 heteroatoms. The second kappa shape index (κ2) is 8.78. The number of carbonyl (C=O) groups is 1. The number of likely N-dealkylation sites (N-methyl/N-ethyl adjacent to an activating group) is 1. The standard InChI is InChI=1S/C25H32N2O3/c1-19-5-4-6-21(17-19)25(11-15-30-16-12-25)24(28)27-14-13-26(2)23(18-27)20-7-9-22(29-3)10-8-20/h4-10,17,23H,11-16,18H2,1-3H3/t23-/m1/s1. The van der Waals surface area contributed by atoms with Gasteiger partial charge in [-0.05, 0) is 50.1 Å². The number of benzene rings is 2. The molecule has 2 aliphatic heterocycles. The van der Waals surface area contributed by atoms with Crippen molar-refractivity contribution in [3.05, 3.63) is 65.2 Å². The molecule has 0 radical (unpaired) electrons. The molecule has 0 spiro atoms. The van der Waals surface area contributed by atoms with E-state index in [1.165, 1.54) is 11.1 Å². The summed E-state index contributed by atoms with van der Waals surface area (Å²) in [5, 5.41) is 0. The Labute approximate surface area is 179 Å². The normalized spacial score (nSPS) is 22.0. The van der Waals surface area contributed by atoms with Crippen molar-refractivity contribution in [2.45, 2.75) is 31.2 Å². The van der Waals surface area contributed by atoms with E-state index in [2.05, 4.69) is 60.2 Å². The molecule has 0 aromatic heterocycles. The molecule has 0 unspecified atom stereocenters. The fourth-order valence-corrected chi connectivity index (χ4v) is 4.84. The van der Waals surface area contributed by atoms with Crippen LogP contribution in [0.2, 0.25) is 0 Å². The summed E-state index contributed by atoms with van der Waals surface area (Å²) in [4.78, 5) is 18.4. The maximum Gasteiger partial charge on any atom is 0.233 e. The van der Waals surface area contributed by atoms with E-state index in [1.807, 2.05) is 12.1 Å². The number of rotatable bonds is 4. The van der Waals surface area contributed by atoms with Crippen LogP contribution in [-0.2, 0) is 14.9 Å². The lowest BCUT2D eigenvalue weighted by Crippen LogP contribution is -2.56. The zero-order valence-corrected chi connectivity index (χ0v) is 18.3. The largest absolute Gasteiger partial charge is 0.497 e. The Bertz CT molecular complexity index is 874. The summed E-state index contributed by atoms with van der Waals surface area (Å²) in [6.07, 6.45) is 1.49. The number of ether oxygens (including phenoxy) is 2. The number of piperazine rings is 1. The number of hydrogen-bond donors (Lipinski definition) is 0. The van der Waals surface area contributed by atoms with Gasteiger partial charge in [-0.1, -0.05) is 42.0 Å². The molecule has 0 N–H and O–H groups in total. The second-order valence-electron chi connectivity index (χ2n) is 8.58. The van der Waals surface area contributed by atoms with Gasteiger partial charge >= 0.3 is 0 Å². The van der Waals surface area contributed by atoms with E-state index < -0.39 is 5.41 Å². The smallest absolute Gasteiger partial charge is 0.233 e. The van der Waals surface area contributed by atoms with Gasteiger partial charge in [0.05, 0.1) is 18.6 Å². The minimum Gasteiger partial charge on any atom is -0.497 e. The van der Waals surface area contributed by atoms with E-state index in [1.54, 1.807) is 7.11 Å². The molecule has 2 saturated heterocycles. The molecule has 2 aromatic rings.